The fourth-order valence-corrected chi connectivity index (χ4v) is 4.09. The Hall–Kier alpha value is -1.65. The molecule has 6 nitrogen and oxygen atoms in total. The summed E-state index contributed by atoms with van der Waals surface area (Å²) >= 11 is 0. The van der Waals surface area contributed by atoms with E-state index in [9.17, 15) is 26.4 Å². The molecule has 0 aliphatic carbocycles. The Balaban J connectivity index is 2.21. The van der Waals surface area contributed by atoms with E-state index in [1.165, 1.54) is 18.1 Å². The van der Waals surface area contributed by atoms with Gasteiger partial charge in [0.15, 0.2) is 0 Å². The first-order chi connectivity index (χ1) is 11.2. The van der Waals surface area contributed by atoms with Crippen LogP contribution < -0.4 is 0 Å². The predicted octanol–water partition coefficient (Wildman–Crippen LogP) is 1.18. The quantitative estimate of drug-likeness (QED) is 0.803. The van der Waals surface area contributed by atoms with Gasteiger partial charge in [-0.2, -0.15) is 17.5 Å². The Morgan fingerprint density at radius 2 is 1.75 bits per heavy atom. The van der Waals surface area contributed by atoms with E-state index in [1.54, 1.807) is 0 Å². The minimum absolute atomic E-state index is 0.0655. The molecule has 0 bridgehead atoms. The van der Waals surface area contributed by atoms with Gasteiger partial charge in [0, 0.05) is 33.3 Å². The first kappa shape index (κ1) is 18.7. The number of methoxy groups -OCH3 is 1. The monoisotopic (exact) mass is 366 g/mol. The molecular weight excluding hydrogens is 349 g/mol. The molecule has 1 aliphatic heterocycles. The van der Waals surface area contributed by atoms with Crippen molar-refractivity contribution in [1.82, 2.24) is 9.21 Å². The molecule has 1 amide bonds. The lowest BCUT2D eigenvalue weighted by Crippen LogP contribution is -2.51. The second-order valence-electron chi connectivity index (χ2n) is 5.21. The van der Waals surface area contributed by atoms with Crippen molar-refractivity contribution in [3.8, 4) is 0 Å². The Morgan fingerprint density at radius 3 is 2.29 bits per heavy atom. The topological polar surface area (TPSA) is 66.9 Å². The highest BCUT2D eigenvalue weighted by Gasteiger charge is 2.39. The first-order valence-electron chi connectivity index (χ1n) is 7.11. The molecule has 1 aromatic rings. The predicted molar refractivity (Wildman–Crippen MR) is 78.7 cm³/mol. The van der Waals surface area contributed by atoms with E-state index in [2.05, 4.69) is 0 Å². The average Bonchev–Trinajstić information content (AvgIpc) is 2.54. The molecule has 10 heteroatoms. The highest BCUT2D eigenvalue weighted by atomic mass is 32.2. The molecule has 0 saturated carbocycles. The molecule has 0 unspecified atom stereocenters. The van der Waals surface area contributed by atoms with Crippen molar-refractivity contribution in [3.63, 3.8) is 0 Å². The molecule has 0 atom stereocenters. The third kappa shape index (κ3) is 3.87. The summed E-state index contributed by atoms with van der Waals surface area (Å²) in [5.74, 6) is -0.287. The van der Waals surface area contributed by atoms with Gasteiger partial charge < -0.3 is 9.64 Å². The standard InChI is InChI=1S/C14H17F3N2O4S/c1-23-10-13(20)18-6-8-19(9-7-18)24(21,22)12-5-3-2-4-11(12)14(15,16)17/h2-5H,6-10H2,1H3. The van der Waals surface area contributed by atoms with E-state index in [4.69, 9.17) is 4.74 Å². The zero-order valence-corrected chi connectivity index (χ0v) is 13.7. The number of halogens is 3. The van der Waals surface area contributed by atoms with Crippen molar-refractivity contribution in [2.24, 2.45) is 0 Å². The van der Waals surface area contributed by atoms with Gasteiger partial charge in [0.25, 0.3) is 0 Å². The van der Waals surface area contributed by atoms with Gasteiger partial charge in [-0.15, -0.1) is 0 Å². The van der Waals surface area contributed by atoms with Crippen molar-refractivity contribution in [2.45, 2.75) is 11.1 Å². The van der Waals surface area contributed by atoms with Gasteiger partial charge in [0.05, 0.1) is 10.5 Å². The second-order valence-corrected chi connectivity index (χ2v) is 7.12. The van der Waals surface area contributed by atoms with E-state index < -0.39 is 26.7 Å². The molecular formula is C14H17F3N2O4S. The van der Waals surface area contributed by atoms with Crippen molar-refractivity contribution in [3.05, 3.63) is 29.8 Å². The van der Waals surface area contributed by atoms with Crippen LogP contribution in [0.25, 0.3) is 0 Å². The van der Waals surface area contributed by atoms with Crippen molar-refractivity contribution in [2.75, 3.05) is 39.9 Å². The van der Waals surface area contributed by atoms with Crippen LogP contribution in [-0.2, 0) is 25.7 Å². The molecule has 1 aliphatic rings. The number of hydrogen-bond donors (Lipinski definition) is 0. The number of sulfonamides is 1. The smallest absolute Gasteiger partial charge is 0.375 e. The number of piperazine rings is 1. The molecule has 1 aromatic carbocycles. The van der Waals surface area contributed by atoms with E-state index in [0.717, 1.165) is 22.5 Å². The summed E-state index contributed by atoms with van der Waals surface area (Å²) in [4.78, 5) is 12.3. The van der Waals surface area contributed by atoms with Crippen LogP contribution in [0.3, 0.4) is 0 Å². The maximum Gasteiger partial charge on any atom is 0.417 e. The van der Waals surface area contributed by atoms with Crippen LogP contribution in [0.15, 0.2) is 29.2 Å². The van der Waals surface area contributed by atoms with Gasteiger partial charge in [-0.25, -0.2) is 8.42 Å². The number of alkyl halides is 3. The molecule has 24 heavy (non-hydrogen) atoms. The van der Waals surface area contributed by atoms with Crippen LogP contribution >= 0.6 is 0 Å². The van der Waals surface area contributed by atoms with Crippen LogP contribution in [-0.4, -0.2) is 63.4 Å². The van der Waals surface area contributed by atoms with E-state index in [1.807, 2.05) is 0 Å². The van der Waals surface area contributed by atoms with Gasteiger partial charge in [0.2, 0.25) is 15.9 Å². The fourth-order valence-electron chi connectivity index (χ4n) is 2.46. The van der Waals surface area contributed by atoms with Crippen molar-refractivity contribution >= 4 is 15.9 Å². The van der Waals surface area contributed by atoms with Crippen molar-refractivity contribution in [1.29, 1.82) is 0 Å². The molecule has 0 spiro atoms. The Morgan fingerprint density at radius 1 is 1.17 bits per heavy atom. The molecule has 0 aromatic heterocycles. The van der Waals surface area contributed by atoms with Crippen LogP contribution in [0.5, 0.6) is 0 Å². The molecule has 1 heterocycles. The zero-order chi connectivity index (χ0) is 18.0. The second kappa shape index (κ2) is 7.08. The number of rotatable bonds is 4. The van der Waals surface area contributed by atoms with E-state index in [-0.39, 0.29) is 38.7 Å². The number of amides is 1. The van der Waals surface area contributed by atoms with Crippen LogP contribution in [0.1, 0.15) is 5.56 Å². The summed E-state index contributed by atoms with van der Waals surface area (Å²) in [5.41, 5.74) is -1.19. The van der Waals surface area contributed by atoms with Gasteiger partial charge in [-0.3, -0.25) is 4.79 Å². The summed E-state index contributed by atoms with van der Waals surface area (Å²) < 4.78 is 69.9. The lowest BCUT2D eigenvalue weighted by Gasteiger charge is -2.34. The van der Waals surface area contributed by atoms with E-state index in [0.29, 0.717) is 0 Å². The van der Waals surface area contributed by atoms with Gasteiger partial charge in [-0.05, 0) is 12.1 Å². The number of hydrogen-bond acceptors (Lipinski definition) is 4. The Labute approximate surface area is 137 Å². The molecule has 0 radical (unpaired) electrons. The van der Waals surface area contributed by atoms with Gasteiger partial charge in [-0.1, -0.05) is 12.1 Å². The van der Waals surface area contributed by atoms with Crippen LogP contribution in [0, 0.1) is 0 Å². The van der Waals surface area contributed by atoms with E-state index >= 15 is 0 Å². The highest BCUT2D eigenvalue weighted by molar-refractivity contribution is 7.89. The third-order valence-electron chi connectivity index (χ3n) is 3.67. The van der Waals surface area contributed by atoms with Crippen LogP contribution in [0.4, 0.5) is 13.2 Å². The Kier molecular flexibility index (Phi) is 5.51. The maximum absolute atomic E-state index is 13.0. The number of benzene rings is 1. The molecule has 1 fully saturated rings. The normalized spacial score (nSPS) is 17.1. The molecule has 0 N–H and O–H groups in total. The maximum atomic E-state index is 13.0. The minimum Gasteiger partial charge on any atom is -0.375 e. The number of carbonyl (C=O) groups is 1. The SMILES string of the molecule is COCC(=O)N1CCN(S(=O)(=O)c2ccccc2C(F)(F)F)CC1. The summed E-state index contributed by atoms with van der Waals surface area (Å²) in [6, 6.07) is 4.08. The summed E-state index contributed by atoms with van der Waals surface area (Å²) in [5, 5.41) is 0. The van der Waals surface area contributed by atoms with Gasteiger partial charge >= 0.3 is 6.18 Å². The average molecular weight is 366 g/mol. The molecule has 134 valence electrons. The Bertz CT molecular complexity index is 698. The van der Waals surface area contributed by atoms with Gasteiger partial charge in [0.1, 0.15) is 6.61 Å². The number of ether oxygens (including phenoxy) is 1. The minimum atomic E-state index is -4.76. The summed E-state index contributed by atoms with van der Waals surface area (Å²) in [6.07, 6.45) is -4.76. The summed E-state index contributed by atoms with van der Waals surface area (Å²) in [7, 11) is -2.93. The molecule has 2 rings (SSSR count). The largest absolute Gasteiger partial charge is 0.417 e. The fraction of sp³-hybridized carbons (Fsp3) is 0.500. The lowest BCUT2D eigenvalue weighted by atomic mass is 10.2. The van der Waals surface area contributed by atoms with Crippen LogP contribution in [0.2, 0.25) is 0 Å². The summed E-state index contributed by atoms with van der Waals surface area (Å²) in [6.45, 7) is -0.0389. The first-order valence-corrected chi connectivity index (χ1v) is 8.55. The third-order valence-corrected chi connectivity index (χ3v) is 5.63. The number of carbonyl (C=O) groups excluding carboxylic acids is 1. The molecule has 1 saturated heterocycles. The highest BCUT2D eigenvalue weighted by Crippen LogP contribution is 2.35. The van der Waals surface area contributed by atoms with Crippen molar-refractivity contribution < 1.29 is 31.1 Å². The number of nitrogens with zero attached hydrogens (tertiary/aromatic N) is 2. The lowest BCUT2D eigenvalue weighted by molar-refractivity contribution is -0.140. The zero-order valence-electron chi connectivity index (χ0n) is 12.9.